The van der Waals surface area contributed by atoms with Crippen molar-refractivity contribution >= 4 is 22.6 Å². The molecule has 0 unspecified atom stereocenters. The molecule has 0 amide bonds. The molecule has 2 heterocycles. The van der Waals surface area contributed by atoms with Crippen molar-refractivity contribution in [2.75, 3.05) is 13.6 Å². The van der Waals surface area contributed by atoms with E-state index in [2.05, 4.69) is 39.5 Å². The minimum Gasteiger partial charge on any atom is -0.328 e. The van der Waals surface area contributed by atoms with Crippen molar-refractivity contribution in [2.24, 2.45) is 0 Å². The number of aromatic nitrogens is 1. The fourth-order valence-electron chi connectivity index (χ4n) is 2.00. The fourth-order valence-corrected chi connectivity index (χ4v) is 2.51. The van der Waals surface area contributed by atoms with Crippen molar-refractivity contribution in [3.05, 3.63) is 31.8 Å². The van der Waals surface area contributed by atoms with Gasteiger partial charge in [-0.25, -0.2) is 0 Å². The van der Waals surface area contributed by atoms with Crippen LogP contribution in [0.4, 0.5) is 0 Å². The lowest BCUT2D eigenvalue weighted by molar-refractivity contribution is 0.317. The van der Waals surface area contributed by atoms with E-state index < -0.39 is 0 Å². The third-order valence-corrected chi connectivity index (χ3v) is 3.59. The third kappa shape index (κ3) is 1.86. The normalized spacial score (nSPS) is 22.9. The summed E-state index contributed by atoms with van der Waals surface area (Å²) in [5, 5.41) is 0. The van der Waals surface area contributed by atoms with E-state index in [1.807, 2.05) is 12.3 Å². The second-order valence-electron chi connectivity index (χ2n) is 3.75. The average Bonchev–Trinajstić information content (AvgIpc) is 2.57. The number of rotatable bonds is 1. The molecule has 1 aromatic heterocycles. The van der Waals surface area contributed by atoms with E-state index in [1.54, 1.807) is 0 Å². The number of pyridine rings is 1. The second-order valence-corrected chi connectivity index (χ2v) is 4.91. The number of hydrogen-bond acceptors (Lipinski definition) is 2. The number of hydrogen-bond donors (Lipinski definition) is 1. The van der Waals surface area contributed by atoms with Gasteiger partial charge in [0, 0.05) is 12.2 Å². The predicted molar refractivity (Wildman–Crippen MR) is 64.4 cm³/mol. The molecule has 1 aromatic rings. The van der Waals surface area contributed by atoms with E-state index in [0.717, 1.165) is 10.1 Å². The minimum absolute atomic E-state index is 0.00926. The van der Waals surface area contributed by atoms with Crippen LogP contribution in [0.5, 0.6) is 0 Å². The Hall–Kier alpha value is -0.360. The molecule has 0 saturated carbocycles. The molecule has 76 valence electrons. The zero-order chi connectivity index (χ0) is 10.1. The summed E-state index contributed by atoms with van der Waals surface area (Å²) in [6.07, 6.45) is 4.28. The first-order valence-corrected chi connectivity index (χ1v) is 5.85. The molecule has 2 rings (SSSR count). The van der Waals surface area contributed by atoms with Crippen molar-refractivity contribution in [1.29, 1.82) is 0 Å². The molecule has 1 aliphatic rings. The smallest absolute Gasteiger partial charge is 0.261 e. The fraction of sp³-hybridized carbons (Fsp3) is 0.500. The summed E-state index contributed by atoms with van der Waals surface area (Å²) in [5.41, 5.74) is 1.24. The molecule has 0 aromatic carbocycles. The molecule has 4 heteroatoms. The number of nitrogens with one attached hydrogen (secondary N) is 1. The number of H-pyrrole nitrogens is 1. The molecule has 1 aliphatic heterocycles. The number of likely N-dealkylation sites (tertiary alicyclic amines) is 1. The maximum Gasteiger partial charge on any atom is 0.261 e. The number of nitrogens with zero attached hydrogens (tertiary/aromatic N) is 1. The van der Waals surface area contributed by atoms with Gasteiger partial charge in [-0.2, -0.15) is 0 Å². The van der Waals surface area contributed by atoms with Crippen LogP contribution in [-0.4, -0.2) is 23.5 Å². The Bertz CT molecular complexity index is 388. The van der Waals surface area contributed by atoms with E-state index in [4.69, 9.17) is 0 Å². The molecule has 1 atom stereocenters. The van der Waals surface area contributed by atoms with Crippen LogP contribution in [0.3, 0.4) is 0 Å². The summed E-state index contributed by atoms with van der Waals surface area (Å²) in [4.78, 5) is 16.3. The van der Waals surface area contributed by atoms with Gasteiger partial charge in [0.05, 0.1) is 3.57 Å². The van der Waals surface area contributed by atoms with Crippen molar-refractivity contribution in [3.63, 3.8) is 0 Å². The van der Waals surface area contributed by atoms with Crippen LogP contribution in [0.1, 0.15) is 24.4 Å². The molecule has 0 radical (unpaired) electrons. The van der Waals surface area contributed by atoms with Crippen LogP contribution < -0.4 is 5.56 Å². The number of aromatic amines is 1. The van der Waals surface area contributed by atoms with E-state index >= 15 is 0 Å². The largest absolute Gasteiger partial charge is 0.328 e. The predicted octanol–water partition coefficient (Wildman–Crippen LogP) is 1.75. The lowest BCUT2D eigenvalue weighted by Gasteiger charge is -2.19. The van der Waals surface area contributed by atoms with Crippen LogP contribution in [0.25, 0.3) is 0 Å². The summed E-state index contributed by atoms with van der Waals surface area (Å²) in [6, 6.07) is 2.48. The Morgan fingerprint density at radius 2 is 2.43 bits per heavy atom. The summed E-state index contributed by atoms with van der Waals surface area (Å²) >= 11 is 2.08. The highest BCUT2D eigenvalue weighted by molar-refractivity contribution is 14.1. The van der Waals surface area contributed by atoms with Crippen molar-refractivity contribution in [3.8, 4) is 0 Å². The van der Waals surface area contributed by atoms with Crippen molar-refractivity contribution in [1.82, 2.24) is 9.88 Å². The zero-order valence-electron chi connectivity index (χ0n) is 8.09. The Kier molecular flexibility index (Phi) is 2.92. The van der Waals surface area contributed by atoms with Crippen LogP contribution in [0.15, 0.2) is 17.1 Å². The highest BCUT2D eigenvalue weighted by atomic mass is 127. The van der Waals surface area contributed by atoms with Gasteiger partial charge in [0.15, 0.2) is 0 Å². The summed E-state index contributed by atoms with van der Waals surface area (Å²) in [5.74, 6) is 0. The van der Waals surface area contributed by atoms with E-state index in [0.29, 0.717) is 6.04 Å². The standard InChI is InChI=1S/C10H13IN2O/c1-13-4-2-3-9(13)7-5-8(11)10(14)12-6-7/h5-6,9H,2-4H2,1H3,(H,12,14)/t9-/m0/s1. The average molecular weight is 304 g/mol. The Morgan fingerprint density at radius 3 is 3.00 bits per heavy atom. The summed E-state index contributed by atoms with van der Waals surface area (Å²) in [6.45, 7) is 1.15. The second kappa shape index (κ2) is 4.02. The SMILES string of the molecule is CN1CCC[C@H]1c1c[nH]c(=O)c(I)c1. The van der Waals surface area contributed by atoms with Gasteiger partial charge < -0.3 is 4.98 Å². The van der Waals surface area contributed by atoms with Gasteiger partial charge in [-0.1, -0.05) is 0 Å². The molecule has 14 heavy (non-hydrogen) atoms. The number of halogens is 1. The van der Waals surface area contributed by atoms with Crippen LogP contribution >= 0.6 is 22.6 Å². The van der Waals surface area contributed by atoms with Crippen LogP contribution in [0.2, 0.25) is 0 Å². The molecular weight excluding hydrogens is 291 g/mol. The molecular formula is C10H13IN2O. The molecule has 1 saturated heterocycles. The van der Waals surface area contributed by atoms with Gasteiger partial charge in [-0.3, -0.25) is 9.69 Å². The van der Waals surface area contributed by atoms with Crippen LogP contribution in [-0.2, 0) is 0 Å². The van der Waals surface area contributed by atoms with Gasteiger partial charge in [0.1, 0.15) is 0 Å². The Labute approximate surface area is 96.7 Å². The maximum absolute atomic E-state index is 11.2. The first-order chi connectivity index (χ1) is 6.68. The van der Waals surface area contributed by atoms with Gasteiger partial charge in [0.2, 0.25) is 0 Å². The maximum atomic E-state index is 11.2. The first-order valence-electron chi connectivity index (χ1n) is 4.77. The lowest BCUT2D eigenvalue weighted by atomic mass is 10.1. The topological polar surface area (TPSA) is 36.1 Å². The van der Waals surface area contributed by atoms with E-state index in [1.165, 1.54) is 18.4 Å². The van der Waals surface area contributed by atoms with Gasteiger partial charge in [-0.05, 0) is 60.7 Å². The molecule has 0 aliphatic carbocycles. The first kappa shape index (κ1) is 10.2. The molecule has 0 bridgehead atoms. The summed E-state index contributed by atoms with van der Waals surface area (Å²) < 4.78 is 0.778. The monoisotopic (exact) mass is 304 g/mol. The Morgan fingerprint density at radius 1 is 1.64 bits per heavy atom. The minimum atomic E-state index is 0.00926. The Balaban J connectivity index is 2.32. The van der Waals surface area contributed by atoms with E-state index in [9.17, 15) is 4.79 Å². The summed E-state index contributed by atoms with van der Waals surface area (Å²) in [7, 11) is 2.13. The van der Waals surface area contributed by atoms with Gasteiger partial charge in [0.25, 0.3) is 5.56 Å². The molecule has 1 fully saturated rings. The van der Waals surface area contributed by atoms with Crippen LogP contribution in [0, 0.1) is 3.57 Å². The van der Waals surface area contributed by atoms with Crippen molar-refractivity contribution < 1.29 is 0 Å². The highest BCUT2D eigenvalue weighted by Gasteiger charge is 2.22. The van der Waals surface area contributed by atoms with Crippen molar-refractivity contribution in [2.45, 2.75) is 18.9 Å². The van der Waals surface area contributed by atoms with Gasteiger partial charge in [-0.15, -0.1) is 0 Å². The molecule has 0 spiro atoms. The zero-order valence-corrected chi connectivity index (χ0v) is 10.2. The van der Waals surface area contributed by atoms with Gasteiger partial charge >= 0.3 is 0 Å². The lowest BCUT2D eigenvalue weighted by Crippen LogP contribution is -2.19. The third-order valence-electron chi connectivity index (χ3n) is 2.79. The molecule has 3 nitrogen and oxygen atoms in total. The quantitative estimate of drug-likeness (QED) is 0.802. The molecule has 1 N–H and O–H groups in total. The highest BCUT2D eigenvalue weighted by Crippen LogP contribution is 2.29. The van der Waals surface area contributed by atoms with E-state index in [-0.39, 0.29) is 5.56 Å².